The molecule has 0 saturated carbocycles. The van der Waals surface area contributed by atoms with E-state index in [4.69, 9.17) is 5.73 Å². The van der Waals surface area contributed by atoms with Gasteiger partial charge >= 0.3 is 0 Å². The number of benzene rings is 1. The number of carbonyl (C=O) groups excluding carboxylic acids is 1. The van der Waals surface area contributed by atoms with Crippen molar-refractivity contribution in [2.24, 2.45) is 5.92 Å². The molecule has 1 aromatic rings. The summed E-state index contributed by atoms with van der Waals surface area (Å²) in [7, 11) is 2.14. The lowest BCUT2D eigenvalue weighted by Gasteiger charge is -2.33. The van der Waals surface area contributed by atoms with Gasteiger partial charge in [0, 0.05) is 50.3 Å². The molecule has 5 heteroatoms. The highest BCUT2D eigenvalue weighted by atomic mass is 16.2. The Bertz CT molecular complexity index is 532. The Kier molecular flexibility index (Phi) is 3.94. The van der Waals surface area contributed by atoms with E-state index < -0.39 is 0 Å². The minimum absolute atomic E-state index is 0.0361. The van der Waals surface area contributed by atoms with Gasteiger partial charge in [-0.2, -0.15) is 0 Å². The highest BCUT2D eigenvalue weighted by Crippen LogP contribution is 2.24. The molecule has 2 heterocycles. The first-order valence-electron chi connectivity index (χ1n) is 7.41. The minimum atomic E-state index is -0.0361. The first-order chi connectivity index (χ1) is 10.1. The Hall–Kier alpha value is -1.85. The first-order valence-corrected chi connectivity index (χ1v) is 7.41. The van der Waals surface area contributed by atoms with E-state index in [0.29, 0.717) is 5.69 Å². The fourth-order valence-corrected chi connectivity index (χ4v) is 2.82. The van der Waals surface area contributed by atoms with Crippen molar-refractivity contribution in [3.63, 3.8) is 0 Å². The van der Waals surface area contributed by atoms with Gasteiger partial charge in [0.25, 0.3) is 0 Å². The maximum absolute atomic E-state index is 12.5. The van der Waals surface area contributed by atoms with Crippen LogP contribution in [0.25, 0.3) is 0 Å². The summed E-state index contributed by atoms with van der Waals surface area (Å²) in [6.07, 6.45) is 3.89. The molecule has 5 nitrogen and oxygen atoms in total. The summed E-state index contributed by atoms with van der Waals surface area (Å²) >= 11 is 0. The smallest absolute Gasteiger partial charge is 0.239 e. The maximum Gasteiger partial charge on any atom is 0.239 e. The Morgan fingerprint density at radius 2 is 1.81 bits per heavy atom. The average molecular weight is 286 g/mol. The zero-order chi connectivity index (χ0) is 14.8. The van der Waals surface area contributed by atoms with Crippen molar-refractivity contribution in [3.05, 3.63) is 36.5 Å². The second kappa shape index (κ2) is 5.87. The van der Waals surface area contributed by atoms with E-state index in [0.717, 1.165) is 38.4 Å². The molecule has 0 bridgehead atoms. The predicted octanol–water partition coefficient (Wildman–Crippen LogP) is 0.993. The summed E-state index contributed by atoms with van der Waals surface area (Å²) < 4.78 is 0. The molecular formula is C16H22N4O. The molecule has 112 valence electrons. The second-order valence-electron chi connectivity index (χ2n) is 5.85. The fourth-order valence-electron chi connectivity index (χ4n) is 2.82. The zero-order valence-electron chi connectivity index (χ0n) is 12.4. The largest absolute Gasteiger partial charge is 0.399 e. The van der Waals surface area contributed by atoms with Crippen LogP contribution < -0.4 is 10.6 Å². The van der Waals surface area contributed by atoms with Crippen molar-refractivity contribution >= 4 is 17.3 Å². The van der Waals surface area contributed by atoms with Crippen molar-refractivity contribution in [2.45, 2.75) is 0 Å². The lowest BCUT2D eigenvalue weighted by atomic mass is 10.1. The van der Waals surface area contributed by atoms with Crippen molar-refractivity contribution < 1.29 is 4.79 Å². The first kappa shape index (κ1) is 14.1. The van der Waals surface area contributed by atoms with Gasteiger partial charge in [0.05, 0.1) is 5.92 Å². The van der Waals surface area contributed by atoms with Crippen LogP contribution in [0.3, 0.4) is 0 Å². The molecule has 1 fully saturated rings. The number of hydrogen-bond donors (Lipinski definition) is 1. The molecule has 2 N–H and O–H groups in total. The number of piperazine rings is 1. The number of anilines is 2. The number of nitrogen functional groups attached to an aromatic ring is 1. The van der Waals surface area contributed by atoms with Crippen LogP contribution in [0.15, 0.2) is 36.5 Å². The third-order valence-corrected chi connectivity index (χ3v) is 4.24. The van der Waals surface area contributed by atoms with Crippen molar-refractivity contribution in [2.75, 3.05) is 50.4 Å². The van der Waals surface area contributed by atoms with Gasteiger partial charge in [0.1, 0.15) is 0 Å². The SMILES string of the molecule is CN1CCN(CC2C=CN(c3ccc(N)cc3)C2=O)CC1. The van der Waals surface area contributed by atoms with Crippen LogP contribution in [0.5, 0.6) is 0 Å². The van der Waals surface area contributed by atoms with Crippen LogP contribution in [0.1, 0.15) is 0 Å². The van der Waals surface area contributed by atoms with Gasteiger partial charge in [-0.05, 0) is 31.3 Å². The number of hydrogen-bond acceptors (Lipinski definition) is 4. The van der Waals surface area contributed by atoms with Gasteiger partial charge in [-0.3, -0.25) is 14.6 Å². The van der Waals surface area contributed by atoms with E-state index in [1.165, 1.54) is 0 Å². The number of carbonyl (C=O) groups is 1. The quantitative estimate of drug-likeness (QED) is 0.842. The highest BCUT2D eigenvalue weighted by Gasteiger charge is 2.29. The summed E-state index contributed by atoms with van der Waals surface area (Å²) in [5.41, 5.74) is 7.28. The lowest BCUT2D eigenvalue weighted by molar-refractivity contribution is -0.120. The topological polar surface area (TPSA) is 52.8 Å². The van der Waals surface area contributed by atoms with Crippen LogP contribution in [-0.4, -0.2) is 55.5 Å². The van der Waals surface area contributed by atoms with E-state index in [-0.39, 0.29) is 11.8 Å². The Morgan fingerprint density at radius 1 is 1.14 bits per heavy atom. The molecule has 3 rings (SSSR count). The molecule has 21 heavy (non-hydrogen) atoms. The van der Waals surface area contributed by atoms with Crippen LogP contribution in [0.2, 0.25) is 0 Å². The van der Waals surface area contributed by atoms with E-state index in [1.54, 1.807) is 4.90 Å². The van der Waals surface area contributed by atoms with Gasteiger partial charge in [0.15, 0.2) is 0 Å². The summed E-state index contributed by atoms with van der Waals surface area (Å²) in [6, 6.07) is 7.42. The second-order valence-corrected chi connectivity index (χ2v) is 5.85. The molecule has 1 saturated heterocycles. The third kappa shape index (κ3) is 3.09. The van der Waals surface area contributed by atoms with Crippen molar-refractivity contribution in [3.8, 4) is 0 Å². The number of nitrogens with zero attached hydrogens (tertiary/aromatic N) is 3. The van der Waals surface area contributed by atoms with Gasteiger partial charge in [-0.15, -0.1) is 0 Å². The molecule has 2 aliphatic heterocycles. The van der Waals surface area contributed by atoms with Gasteiger partial charge < -0.3 is 10.6 Å². The predicted molar refractivity (Wildman–Crippen MR) is 84.9 cm³/mol. The monoisotopic (exact) mass is 286 g/mol. The maximum atomic E-state index is 12.5. The van der Waals surface area contributed by atoms with Gasteiger partial charge in [0.2, 0.25) is 5.91 Å². The van der Waals surface area contributed by atoms with Crippen molar-refractivity contribution in [1.82, 2.24) is 9.80 Å². The van der Waals surface area contributed by atoms with Gasteiger partial charge in [-0.1, -0.05) is 6.08 Å². The molecule has 0 radical (unpaired) electrons. The van der Waals surface area contributed by atoms with Crippen LogP contribution >= 0.6 is 0 Å². The minimum Gasteiger partial charge on any atom is -0.399 e. The third-order valence-electron chi connectivity index (χ3n) is 4.24. The molecule has 0 aromatic heterocycles. The summed E-state index contributed by atoms with van der Waals surface area (Å²) in [4.78, 5) is 18.9. The Morgan fingerprint density at radius 3 is 2.48 bits per heavy atom. The van der Waals surface area contributed by atoms with E-state index in [1.807, 2.05) is 36.5 Å². The molecule has 1 unspecified atom stereocenters. The fraction of sp³-hybridized carbons (Fsp3) is 0.438. The van der Waals surface area contributed by atoms with E-state index in [2.05, 4.69) is 16.8 Å². The van der Waals surface area contributed by atoms with Crippen molar-refractivity contribution in [1.29, 1.82) is 0 Å². The zero-order valence-corrected chi connectivity index (χ0v) is 12.4. The van der Waals surface area contributed by atoms with Gasteiger partial charge in [-0.25, -0.2) is 0 Å². The number of nitrogens with two attached hydrogens (primary N) is 1. The normalized spacial score (nSPS) is 24.0. The van der Waals surface area contributed by atoms with Crippen LogP contribution in [-0.2, 0) is 4.79 Å². The summed E-state index contributed by atoms with van der Waals surface area (Å²) in [6.45, 7) is 5.04. The van der Waals surface area contributed by atoms with Crippen LogP contribution in [0.4, 0.5) is 11.4 Å². The standard InChI is InChI=1S/C16H22N4O/c1-18-8-10-19(11-9-18)12-13-6-7-20(16(13)21)15-4-2-14(17)3-5-15/h2-7,13H,8-12,17H2,1H3. The molecule has 2 aliphatic rings. The molecule has 1 atom stereocenters. The molecule has 0 aliphatic carbocycles. The highest BCUT2D eigenvalue weighted by molar-refractivity contribution is 6.00. The average Bonchev–Trinajstić information content (AvgIpc) is 2.84. The molecule has 1 amide bonds. The van der Waals surface area contributed by atoms with Crippen LogP contribution in [0, 0.1) is 5.92 Å². The molecule has 1 aromatic carbocycles. The lowest BCUT2D eigenvalue weighted by Crippen LogP contribution is -2.47. The van der Waals surface area contributed by atoms with E-state index >= 15 is 0 Å². The molecule has 0 spiro atoms. The number of amides is 1. The summed E-state index contributed by atoms with van der Waals surface area (Å²) in [5.74, 6) is 0.115. The number of rotatable bonds is 3. The number of likely N-dealkylation sites (N-methyl/N-ethyl adjacent to an activating group) is 1. The van der Waals surface area contributed by atoms with E-state index in [9.17, 15) is 4.79 Å². The Labute approximate surface area is 125 Å². The molecular weight excluding hydrogens is 264 g/mol. The summed E-state index contributed by atoms with van der Waals surface area (Å²) in [5, 5.41) is 0. The Balaban J connectivity index is 1.61.